The van der Waals surface area contributed by atoms with Crippen LogP contribution in [0, 0.1) is 0 Å². The molecule has 0 aliphatic carbocycles. The van der Waals surface area contributed by atoms with E-state index in [4.69, 9.17) is 0 Å². The van der Waals surface area contributed by atoms with Gasteiger partial charge in [0.25, 0.3) is 0 Å². The van der Waals surface area contributed by atoms with Crippen LogP contribution >= 0.6 is 0 Å². The number of amides is 1. The number of para-hydroxylation sites is 1. The van der Waals surface area contributed by atoms with Gasteiger partial charge in [-0.3, -0.25) is 4.79 Å². The van der Waals surface area contributed by atoms with Gasteiger partial charge < -0.3 is 5.32 Å². The highest BCUT2D eigenvalue weighted by Crippen LogP contribution is 2.40. The summed E-state index contributed by atoms with van der Waals surface area (Å²) in [5, 5.41) is 6.74. The van der Waals surface area contributed by atoms with E-state index in [0.717, 1.165) is 6.26 Å². The molecule has 0 atom stereocenters. The summed E-state index contributed by atoms with van der Waals surface area (Å²) in [5.74, 6) is -0.665. The predicted octanol–water partition coefficient (Wildman–Crippen LogP) is 5.42. The molecule has 6 nitrogen and oxygen atoms in total. The molecule has 180 valence electrons. The SMILES string of the molecule is CC/C=C(\C)c1c(-c2ccc(S(C)(=O)=O)cc2)nn(CC(=O)Nc2ccccc2)c1C(F)(F)F. The number of nitrogens with zero attached hydrogens (tertiary/aromatic N) is 2. The number of hydrogen-bond acceptors (Lipinski definition) is 4. The van der Waals surface area contributed by atoms with E-state index in [-0.39, 0.29) is 16.2 Å². The molecule has 34 heavy (non-hydrogen) atoms. The average Bonchev–Trinajstić information content (AvgIpc) is 3.13. The molecular weight excluding hydrogens is 467 g/mol. The first-order valence-electron chi connectivity index (χ1n) is 10.4. The highest BCUT2D eigenvalue weighted by molar-refractivity contribution is 7.90. The van der Waals surface area contributed by atoms with Gasteiger partial charge in [0.1, 0.15) is 12.2 Å². The van der Waals surface area contributed by atoms with Crippen molar-refractivity contribution in [1.29, 1.82) is 0 Å². The number of halogens is 3. The lowest BCUT2D eigenvalue weighted by atomic mass is 9.99. The Balaban J connectivity index is 2.14. The topological polar surface area (TPSA) is 81.1 Å². The number of anilines is 1. The Morgan fingerprint density at radius 2 is 1.71 bits per heavy atom. The molecule has 0 bridgehead atoms. The summed E-state index contributed by atoms with van der Waals surface area (Å²) in [6.45, 7) is 2.70. The van der Waals surface area contributed by atoms with Crippen molar-refractivity contribution in [3.63, 3.8) is 0 Å². The first kappa shape index (κ1) is 25.2. The molecule has 1 amide bonds. The molecule has 1 heterocycles. The average molecular weight is 492 g/mol. The molecule has 0 aliphatic rings. The van der Waals surface area contributed by atoms with Crippen LogP contribution in [0.15, 0.2) is 65.6 Å². The Kier molecular flexibility index (Phi) is 7.30. The van der Waals surface area contributed by atoms with Crippen molar-refractivity contribution in [3.8, 4) is 11.3 Å². The van der Waals surface area contributed by atoms with Gasteiger partial charge in [0.05, 0.1) is 4.90 Å². The molecule has 0 spiro atoms. The van der Waals surface area contributed by atoms with Crippen molar-refractivity contribution in [1.82, 2.24) is 9.78 Å². The summed E-state index contributed by atoms with van der Waals surface area (Å²) in [5.41, 5.74) is -0.0612. The summed E-state index contributed by atoms with van der Waals surface area (Å²) in [7, 11) is -3.48. The second-order valence-electron chi connectivity index (χ2n) is 7.73. The van der Waals surface area contributed by atoms with Gasteiger partial charge in [-0.1, -0.05) is 43.3 Å². The molecule has 0 aliphatic heterocycles. The highest BCUT2D eigenvalue weighted by Gasteiger charge is 2.41. The minimum Gasteiger partial charge on any atom is -0.324 e. The summed E-state index contributed by atoms with van der Waals surface area (Å²) in [6, 6.07) is 13.9. The number of rotatable bonds is 7. The van der Waals surface area contributed by atoms with Crippen molar-refractivity contribution in [3.05, 3.63) is 71.9 Å². The fraction of sp³-hybridized carbons (Fsp3) is 0.250. The highest BCUT2D eigenvalue weighted by atomic mass is 32.2. The zero-order valence-electron chi connectivity index (χ0n) is 18.8. The minimum absolute atomic E-state index is 0.0158. The number of aromatic nitrogens is 2. The zero-order valence-corrected chi connectivity index (χ0v) is 19.7. The van der Waals surface area contributed by atoms with E-state index in [0.29, 0.717) is 27.9 Å². The molecule has 3 aromatic rings. The third-order valence-electron chi connectivity index (χ3n) is 5.03. The third kappa shape index (κ3) is 5.74. The number of alkyl halides is 3. The number of allylic oxidation sites excluding steroid dienone is 2. The Morgan fingerprint density at radius 3 is 2.24 bits per heavy atom. The van der Waals surface area contributed by atoms with Gasteiger partial charge in [0.15, 0.2) is 15.5 Å². The number of carbonyl (C=O) groups is 1. The van der Waals surface area contributed by atoms with Crippen molar-refractivity contribution in [2.45, 2.75) is 37.9 Å². The molecule has 3 rings (SSSR count). The summed E-state index contributed by atoms with van der Waals surface area (Å²) in [6.07, 6.45) is -1.60. The van der Waals surface area contributed by atoms with Crippen LogP contribution in [0.1, 0.15) is 31.5 Å². The first-order valence-corrected chi connectivity index (χ1v) is 12.3. The fourth-order valence-corrected chi connectivity index (χ4v) is 4.20. The monoisotopic (exact) mass is 491 g/mol. The number of hydrogen-bond donors (Lipinski definition) is 1. The molecule has 10 heteroatoms. The molecule has 0 fully saturated rings. The molecule has 0 saturated heterocycles. The van der Waals surface area contributed by atoms with Crippen LogP contribution < -0.4 is 5.32 Å². The number of nitrogens with one attached hydrogen (secondary N) is 1. The number of carbonyl (C=O) groups excluding carboxylic acids is 1. The Morgan fingerprint density at radius 1 is 1.09 bits per heavy atom. The van der Waals surface area contributed by atoms with Crippen LogP contribution in [-0.2, 0) is 27.4 Å². The van der Waals surface area contributed by atoms with Crippen LogP contribution in [0.25, 0.3) is 16.8 Å². The zero-order chi connectivity index (χ0) is 25.1. The van der Waals surface area contributed by atoms with Crippen LogP contribution in [0.5, 0.6) is 0 Å². The minimum atomic E-state index is -4.79. The van der Waals surface area contributed by atoms with E-state index >= 15 is 0 Å². The van der Waals surface area contributed by atoms with E-state index < -0.39 is 34.2 Å². The quantitative estimate of drug-likeness (QED) is 0.478. The molecule has 2 aromatic carbocycles. The van der Waals surface area contributed by atoms with Crippen LogP contribution in [0.3, 0.4) is 0 Å². The predicted molar refractivity (Wildman–Crippen MR) is 125 cm³/mol. The Bertz CT molecular complexity index is 1310. The Hall–Kier alpha value is -3.40. The lowest BCUT2D eigenvalue weighted by Gasteiger charge is -2.13. The lowest BCUT2D eigenvalue weighted by Crippen LogP contribution is -2.24. The van der Waals surface area contributed by atoms with Crippen LogP contribution in [0.4, 0.5) is 18.9 Å². The Labute approximate surface area is 196 Å². The van der Waals surface area contributed by atoms with Gasteiger partial charge in [-0.25, -0.2) is 13.1 Å². The fourth-order valence-electron chi connectivity index (χ4n) is 3.57. The van der Waals surface area contributed by atoms with Crippen LogP contribution in [0.2, 0.25) is 0 Å². The molecule has 1 N–H and O–H groups in total. The van der Waals surface area contributed by atoms with Crippen molar-refractivity contribution < 1.29 is 26.4 Å². The second kappa shape index (κ2) is 9.84. The van der Waals surface area contributed by atoms with E-state index in [1.165, 1.54) is 24.3 Å². The number of sulfone groups is 1. The maximum absolute atomic E-state index is 14.2. The van der Waals surface area contributed by atoms with E-state index in [2.05, 4.69) is 10.4 Å². The molecular formula is C24H24F3N3O3S. The van der Waals surface area contributed by atoms with Gasteiger partial charge in [-0.05, 0) is 43.2 Å². The summed E-state index contributed by atoms with van der Waals surface area (Å²) >= 11 is 0. The molecule has 0 radical (unpaired) electrons. The van der Waals surface area contributed by atoms with E-state index in [9.17, 15) is 26.4 Å². The first-order chi connectivity index (χ1) is 15.9. The molecule has 1 aromatic heterocycles. The van der Waals surface area contributed by atoms with E-state index in [1.807, 2.05) is 0 Å². The van der Waals surface area contributed by atoms with Gasteiger partial charge in [-0.15, -0.1) is 0 Å². The maximum atomic E-state index is 14.2. The smallest absolute Gasteiger partial charge is 0.324 e. The van der Waals surface area contributed by atoms with Crippen molar-refractivity contribution >= 4 is 27.0 Å². The van der Waals surface area contributed by atoms with Gasteiger partial charge >= 0.3 is 6.18 Å². The number of benzene rings is 2. The summed E-state index contributed by atoms with van der Waals surface area (Å²) < 4.78 is 66.9. The third-order valence-corrected chi connectivity index (χ3v) is 6.16. The normalized spacial score (nSPS) is 12.6. The molecule has 0 saturated carbocycles. The van der Waals surface area contributed by atoms with Gasteiger partial charge in [0, 0.05) is 23.1 Å². The van der Waals surface area contributed by atoms with Crippen molar-refractivity contribution in [2.75, 3.05) is 11.6 Å². The van der Waals surface area contributed by atoms with Gasteiger partial charge in [0.2, 0.25) is 5.91 Å². The maximum Gasteiger partial charge on any atom is 0.433 e. The van der Waals surface area contributed by atoms with Crippen LogP contribution in [-0.4, -0.2) is 30.4 Å². The second-order valence-corrected chi connectivity index (χ2v) is 9.75. The summed E-state index contributed by atoms with van der Waals surface area (Å²) in [4.78, 5) is 12.6. The molecule has 0 unspecified atom stereocenters. The van der Waals surface area contributed by atoms with E-state index in [1.54, 1.807) is 50.3 Å². The lowest BCUT2D eigenvalue weighted by molar-refractivity contribution is -0.144. The largest absolute Gasteiger partial charge is 0.433 e. The standard InChI is InChI=1S/C24H24F3N3O3S/c1-4-8-16(2)21-22(17-11-13-19(14-12-17)34(3,32)33)29-30(23(21)24(25,26)27)15-20(31)28-18-9-6-5-7-10-18/h5-14H,4,15H2,1-3H3,(H,28,31)/b16-8+. The van der Waals surface area contributed by atoms with Gasteiger partial charge in [-0.2, -0.15) is 18.3 Å². The van der Waals surface area contributed by atoms with Crippen molar-refractivity contribution in [2.24, 2.45) is 0 Å².